The van der Waals surface area contributed by atoms with E-state index in [0.29, 0.717) is 23.5 Å². The van der Waals surface area contributed by atoms with Crippen molar-refractivity contribution in [1.82, 2.24) is 4.98 Å². The predicted molar refractivity (Wildman–Crippen MR) is 118 cm³/mol. The van der Waals surface area contributed by atoms with E-state index in [9.17, 15) is 24.8 Å². The minimum Gasteiger partial charge on any atom is -0.507 e. The number of benzene rings is 2. The number of amides is 1. The van der Waals surface area contributed by atoms with Crippen LogP contribution >= 0.6 is 11.3 Å². The largest absolute Gasteiger partial charge is 0.507 e. The number of ether oxygens (including phenoxy) is 1. The number of nitrogens with zero attached hydrogens (tertiary/aromatic N) is 3. The minimum atomic E-state index is -1.08. The number of non-ortho nitro benzene ring substituents is 1. The van der Waals surface area contributed by atoms with Gasteiger partial charge in [-0.05, 0) is 36.8 Å². The third-order valence-electron chi connectivity index (χ3n) is 4.91. The average Bonchev–Trinajstić information content (AvgIpc) is 3.41. The number of Topliss-reactive ketones (excluding diaryl/α,β-unsaturated/α-hetero) is 1. The second kappa shape index (κ2) is 8.60. The number of ketones is 1. The van der Waals surface area contributed by atoms with Crippen molar-refractivity contribution < 1.29 is 24.4 Å². The molecule has 2 aromatic carbocycles. The van der Waals surface area contributed by atoms with Crippen LogP contribution < -0.4 is 9.64 Å². The van der Waals surface area contributed by atoms with Crippen LogP contribution in [-0.2, 0) is 9.59 Å². The van der Waals surface area contributed by atoms with Crippen LogP contribution in [0.2, 0.25) is 0 Å². The second-order valence-corrected chi connectivity index (χ2v) is 7.67. The van der Waals surface area contributed by atoms with Gasteiger partial charge in [-0.1, -0.05) is 12.1 Å². The van der Waals surface area contributed by atoms with Gasteiger partial charge in [-0.15, -0.1) is 11.3 Å². The van der Waals surface area contributed by atoms with Gasteiger partial charge >= 0.3 is 5.91 Å². The molecule has 1 aliphatic heterocycles. The average molecular weight is 451 g/mol. The Hall–Kier alpha value is -4.05. The van der Waals surface area contributed by atoms with E-state index in [1.54, 1.807) is 35.7 Å². The van der Waals surface area contributed by atoms with Crippen molar-refractivity contribution in [2.75, 3.05) is 11.5 Å². The van der Waals surface area contributed by atoms with Crippen molar-refractivity contribution in [1.29, 1.82) is 0 Å². The summed E-state index contributed by atoms with van der Waals surface area (Å²) in [6, 6.07) is 11.0. The van der Waals surface area contributed by atoms with Crippen LogP contribution in [0.15, 0.2) is 65.7 Å². The topological polar surface area (TPSA) is 123 Å². The number of aromatic nitrogens is 1. The summed E-state index contributed by atoms with van der Waals surface area (Å²) < 4.78 is 5.40. The molecular weight excluding hydrogens is 434 g/mol. The smallest absolute Gasteiger partial charge is 0.301 e. The first-order chi connectivity index (χ1) is 15.4. The van der Waals surface area contributed by atoms with Crippen molar-refractivity contribution >= 4 is 39.6 Å². The van der Waals surface area contributed by atoms with Gasteiger partial charge in [0, 0.05) is 29.3 Å². The molecule has 162 valence electrons. The van der Waals surface area contributed by atoms with Gasteiger partial charge in [0.2, 0.25) is 0 Å². The zero-order valence-electron chi connectivity index (χ0n) is 16.8. The number of thiazole rings is 1. The molecule has 0 bridgehead atoms. The maximum absolute atomic E-state index is 13.0. The standard InChI is InChI=1S/C22H17N3O6S/c1-2-31-16-8-6-13(7-9-16)19(26)17-18(14-4-3-5-15(12-14)25(29)30)24(21(28)20(17)27)22-23-10-11-32-22/h3-12,18,26H,2H2,1H3. The molecule has 4 rings (SSSR count). The van der Waals surface area contributed by atoms with Crippen LogP contribution in [0.5, 0.6) is 5.75 Å². The number of rotatable bonds is 6. The molecule has 1 aromatic heterocycles. The number of carbonyl (C=O) groups excluding carboxylic acids is 2. The minimum absolute atomic E-state index is 0.171. The van der Waals surface area contributed by atoms with Crippen molar-refractivity contribution in [2.24, 2.45) is 0 Å². The highest BCUT2D eigenvalue weighted by atomic mass is 32.1. The summed E-state index contributed by atoms with van der Waals surface area (Å²) in [6.45, 7) is 2.31. The van der Waals surface area contributed by atoms with Crippen LogP contribution in [0, 0.1) is 10.1 Å². The van der Waals surface area contributed by atoms with Gasteiger partial charge in [-0.25, -0.2) is 4.98 Å². The predicted octanol–water partition coefficient (Wildman–Crippen LogP) is 4.08. The van der Waals surface area contributed by atoms with Gasteiger partial charge in [-0.2, -0.15) is 0 Å². The molecule has 1 amide bonds. The zero-order valence-corrected chi connectivity index (χ0v) is 17.6. The Morgan fingerprint density at radius 2 is 2.00 bits per heavy atom. The Morgan fingerprint density at radius 3 is 2.62 bits per heavy atom. The number of nitro groups is 1. The van der Waals surface area contributed by atoms with Gasteiger partial charge in [0.25, 0.3) is 11.5 Å². The molecule has 32 heavy (non-hydrogen) atoms. The Kier molecular flexibility index (Phi) is 5.69. The molecule has 1 aliphatic rings. The Bertz CT molecular complexity index is 1220. The lowest BCUT2D eigenvalue weighted by Gasteiger charge is -2.22. The summed E-state index contributed by atoms with van der Waals surface area (Å²) in [5, 5.41) is 24.2. The van der Waals surface area contributed by atoms with E-state index in [4.69, 9.17) is 4.74 Å². The first kappa shape index (κ1) is 21.2. The van der Waals surface area contributed by atoms with Crippen LogP contribution in [0.4, 0.5) is 10.8 Å². The quantitative estimate of drug-likeness (QED) is 0.197. The molecule has 9 nitrogen and oxygen atoms in total. The number of aliphatic hydroxyl groups is 1. The molecule has 1 atom stereocenters. The summed E-state index contributed by atoms with van der Waals surface area (Å²) in [5.74, 6) is -1.57. The van der Waals surface area contributed by atoms with Gasteiger partial charge < -0.3 is 9.84 Å². The molecule has 2 heterocycles. The molecular formula is C22H17N3O6S. The lowest BCUT2D eigenvalue weighted by atomic mass is 9.95. The number of anilines is 1. The third-order valence-corrected chi connectivity index (χ3v) is 5.68. The zero-order chi connectivity index (χ0) is 22.8. The van der Waals surface area contributed by atoms with Crippen LogP contribution in [0.3, 0.4) is 0 Å². The summed E-state index contributed by atoms with van der Waals surface area (Å²) in [7, 11) is 0. The third kappa shape index (κ3) is 3.71. The summed E-state index contributed by atoms with van der Waals surface area (Å²) in [4.78, 5) is 42.0. The van der Waals surface area contributed by atoms with E-state index in [1.807, 2.05) is 6.92 Å². The van der Waals surface area contributed by atoms with Gasteiger partial charge in [0.15, 0.2) is 5.13 Å². The lowest BCUT2D eigenvalue weighted by Crippen LogP contribution is -2.29. The summed E-state index contributed by atoms with van der Waals surface area (Å²) >= 11 is 1.14. The van der Waals surface area contributed by atoms with E-state index in [-0.39, 0.29) is 22.2 Å². The molecule has 0 spiro atoms. The maximum atomic E-state index is 13.0. The molecule has 1 unspecified atom stereocenters. The molecule has 0 radical (unpaired) electrons. The number of hydrogen-bond donors (Lipinski definition) is 1. The number of nitro benzene ring substituents is 1. The van der Waals surface area contributed by atoms with Crippen molar-refractivity contribution in [3.63, 3.8) is 0 Å². The monoisotopic (exact) mass is 451 g/mol. The van der Waals surface area contributed by atoms with Gasteiger partial charge in [-0.3, -0.25) is 24.6 Å². The van der Waals surface area contributed by atoms with E-state index in [0.717, 1.165) is 16.2 Å². The molecule has 0 saturated carbocycles. The van der Waals surface area contributed by atoms with E-state index >= 15 is 0 Å². The fraction of sp³-hybridized carbons (Fsp3) is 0.136. The molecule has 10 heteroatoms. The Labute approximate surface area is 186 Å². The summed E-state index contributed by atoms with van der Waals surface area (Å²) in [6.07, 6.45) is 1.48. The van der Waals surface area contributed by atoms with Gasteiger partial charge in [0.1, 0.15) is 11.5 Å². The van der Waals surface area contributed by atoms with E-state index in [2.05, 4.69) is 4.98 Å². The fourth-order valence-electron chi connectivity index (χ4n) is 3.52. The molecule has 1 saturated heterocycles. The molecule has 0 aliphatic carbocycles. The van der Waals surface area contributed by atoms with Crippen LogP contribution in [0.1, 0.15) is 24.1 Å². The normalized spacial score (nSPS) is 17.5. The lowest BCUT2D eigenvalue weighted by molar-refractivity contribution is -0.384. The Balaban J connectivity index is 1.90. The highest BCUT2D eigenvalue weighted by Crippen LogP contribution is 2.43. The van der Waals surface area contributed by atoms with Crippen molar-refractivity contribution in [3.05, 3.63) is 86.9 Å². The van der Waals surface area contributed by atoms with E-state index < -0.39 is 22.7 Å². The van der Waals surface area contributed by atoms with Gasteiger partial charge in [0.05, 0.1) is 23.1 Å². The summed E-state index contributed by atoms with van der Waals surface area (Å²) in [5.41, 5.74) is 0.241. The second-order valence-electron chi connectivity index (χ2n) is 6.79. The molecule has 3 aromatic rings. The number of carbonyl (C=O) groups is 2. The van der Waals surface area contributed by atoms with E-state index in [1.165, 1.54) is 24.4 Å². The SMILES string of the molecule is CCOc1ccc(C(O)=C2C(=O)C(=O)N(c3nccs3)C2c2cccc([N+](=O)[O-])c2)cc1. The van der Waals surface area contributed by atoms with Crippen LogP contribution in [0.25, 0.3) is 5.76 Å². The Morgan fingerprint density at radius 1 is 1.25 bits per heavy atom. The molecule has 1 fully saturated rings. The van der Waals surface area contributed by atoms with Crippen molar-refractivity contribution in [3.8, 4) is 5.75 Å². The fourth-order valence-corrected chi connectivity index (χ4v) is 4.19. The van der Waals surface area contributed by atoms with Crippen molar-refractivity contribution in [2.45, 2.75) is 13.0 Å². The highest BCUT2D eigenvalue weighted by molar-refractivity contribution is 7.14. The number of aliphatic hydroxyl groups excluding tert-OH is 1. The first-order valence-corrected chi connectivity index (χ1v) is 10.5. The van der Waals surface area contributed by atoms with Crippen LogP contribution in [-0.4, -0.2) is 33.3 Å². The first-order valence-electron chi connectivity index (χ1n) is 9.60. The highest BCUT2D eigenvalue weighted by Gasteiger charge is 2.48. The molecule has 1 N–H and O–H groups in total. The number of hydrogen-bond acceptors (Lipinski definition) is 8. The maximum Gasteiger partial charge on any atom is 0.301 e.